The summed E-state index contributed by atoms with van der Waals surface area (Å²) in [5, 5.41) is 13.6. The Morgan fingerprint density at radius 3 is 2.69 bits per heavy atom. The maximum absolute atomic E-state index is 13.1. The third-order valence-electron chi connectivity index (χ3n) is 3.05. The molecular formula is C12H15BrFNO. The summed E-state index contributed by atoms with van der Waals surface area (Å²) in [5.41, 5.74) is 0.334. The fourth-order valence-corrected chi connectivity index (χ4v) is 2.52. The van der Waals surface area contributed by atoms with Gasteiger partial charge in [0.2, 0.25) is 0 Å². The summed E-state index contributed by atoms with van der Waals surface area (Å²) in [6.45, 7) is 1.69. The van der Waals surface area contributed by atoms with Crippen LogP contribution in [-0.4, -0.2) is 23.8 Å². The molecule has 0 saturated carbocycles. The number of halogens is 2. The Hall–Kier alpha value is -0.450. The average molecular weight is 288 g/mol. The van der Waals surface area contributed by atoms with Crippen molar-refractivity contribution in [2.75, 3.05) is 13.1 Å². The van der Waals surface area contributed by atoms with Crippen molar-refractivity contribution in [1.82, 2.24) is 5.32 Å². The van der Waals surface area contributed by atoms with Crippen LogP contribution in [0.3, 0.4) is 0 Å². The lowest BCUT2D eigenvalue weighted by molar-refractivity contribution is 0.0108. The van der Waals surface area contributed by atoms with Gasteiger partial charge in [-0.15, -0.1) is 0 Å². The quantitative estimate of drug-likeness (QED) is 0.875. The number of aliphatic hydroxyl groups is 1. The molecule has 0 aliphatic carbocycles. The van der Waals surface area contributed by atoms with E-state index in [9.17, 15) is 9.50 Å². The van der Waals surface area contributed by atoms with Crippen molar-refractivity contribution < 1.29 is 9.50 Å². The maximum Gasteiger partial charge on any atom is 0.137 e. The second-order valence-electron chi connectivity index (χ2n) is 4.40. The largest absolute Gasteiger partial charge is 0.389 e. The van der Waals surface area contributed by atoms with Gasteiger partial charge in [0.1, 0.15) is 5.82 Å². The molecule has 1 aliphatic rings. The van der Waals surface area contributed by atoms with Gasteiger partial charge in [-0.3, -0.25) is 0 Å². The first-order valence-corrected chi connectivity index (χ1v) is 6.25. The van der Waals surface area contributed by atoms with E-state index in [-0.39, 0.29) is 5.82 Å². The van der Waals surface area contributed by atoms with Gasteiger partial charge in [-0.25, -0.2) is 4.39 Å². The minimum atomic E-state index is -0.636. The highest BCUT2D eigenvalue weighted by molar-refractivity contribution is 9.10. The van der Waals surface area contributed by atoms with Crippen LogP contribution in [0.15, 0.2) is 22.7 Å². The molecule has 16 heavy (non-hydrogen) atoms. The topological polar surface area (TPSA) is 32.3 Å². The smallest absolute Gasteiger partial charge is 0.137 e. The van der Waals surface area contributed by atoms with Gasteiger partial charge in [0.15, 0.2) is 0 Å². The van der Waals surface area contributed by atoms with E-state index >= 15 is 0 Å². The van der Waals surface area contributed by atoms with Crippen molar-refractivity contribution >= 4 is 15.9 Å². The summed E-state index contributed by atoms with van der Waals surface area (Å²) < 4.78 is 13.5. The van der Waals surface area contributed by atoms with Gasteiger partial charge in [-0.05, 0) is 59.6 Å². The number of nitrogens with one attached hydrogen (secondary N) is 1. The van der Waals surface area contributed by atoms with Gasteiger partial charge in [0.05, 0.1) is 10.1 Å². The van der Waals surface area contributed by atoms with E-state index < -0.39 is 5.60 Å². The molecule has 0 bridgehead atoms. The molecule has 0 spiro atoms. The molecular weight excluding hydrogens is 273 g/mol. The Kier molecular flexibility index (Phi) is 3.62. The predicted octanol–water partition coefficient (Wildman–Crippen LogP) is 2.25. The molecule has 0 radical (unpaired) electrons. The van der Waals surface area contributed by atoms with Crippen LogP contribution >= 0.6 is 15.9 Å². The fourth-order valence-electron chi connectivity index (χ4n) is 2.10. The van der Waals surface area contributed by atoms with E-state index in [1.165, 1.54) is 6.07 Å². The van der Waals surface area contributed by atoms with Crippen LogP contribution < -0.4 is 5.32 Å². The SMILES string of the molecule is OC1(Cc2ccc(F)c(Br)c2)CCNCC1. The van der Waals surface area contributed by atoms with Gasteiger partial charge in [-0.2, -0.15) is 0 Å². The van der Waals surface area contributed by atoms with E-state index in [1.807, 2.05) is 0 Å². The second kappa shape index (κ2) is 4.82. The summed E-state index contributed by atoms with van der Waals surface area (Å²) >= 11 is 3.16. The molecule has 1 fully saturated rings. The molecule has 0 unspecified atom stereocenters. The van der Waals surface area contributed by atoms with Crippen LogP contribution in [0.2, 0.25) is 0 Å². The van der Waals surface area contributed by atoms with Gasteiger partial charge in [0.25, 0.3) is 0 Å². The summed E-state index contributed by atoms with van der Waals surface area (Å²) in [6.07, 6.45) is 2.09. The van der Waals surface area contributed by atoms with Crippen LogP contribution in [-0.2, 0) is 6.42 Å². The summed E-state index contributed by atoms with van der Waals surface area (Å²) in [4.78, 5) is 0. The zero-order valence-corrected chi connectivity index (χ0v) is 10.6. The van der Waals surface area contributed by atoms with Gasteiger partial charge < -0.3 is 10.4 Å². The first-order valence-electron chi connectivity index (χ1n) is 5.46. The Morgan fingerprint density at radius 1 is 1.38 bits per heavy atom. The molecule has 1 heterocycles. The lowest BCUT2D eigenvalue weighted by Crippen LogP contribution is -2.43. The summed E-state index contributed by atoms with van der Waals surface area (Å²) in [7, 11) is 0. The molecule has 1 saturated heterocycles. The predicted molar refractivity (Wildman–Crippen MR) is 64.9 cm³/mol. The molecule has 2 N–H and O–H groups in total. The lowest BCUT2D eigenvalue weighted by atomic mass is 9.86. The zero-order valence-electron chi connectivity index (χ0n) is 8.97. The first-order chi connectivity index (χ1) is 7.59. The van der Waals surface area contributed by atoms with E-state index in [0.717, 1.165) is 31.5 Å². The number of hydrogen-bond acceptors (Lipinski definition) is 2. The standard InChI is InChI=1S/C12H15BrFNO/c13-10-7-9(1-2-11(10)14)8-12(16)3-5-15-6-4-12/h1-2,7,15-16H,3-6,8H2. The fraction of sp³-hybridized carbons (Fsp3) is 0.500. The zero-order chi connectivity index (χ0) is 11.6. The van der Waals surface area contributed by atoms with Crippen molar-refractivity contribution in [2.45, 2.75) is 24.9 Å². The molecule has 0 amide bonds. The Labute approximate surface area is 103 Å². The van der Waals surface area contributed by atoms with Crippen molar-refractivity contribution in [3.8, 4) is 0 Å². The Balaban J connectivity index is 2.10. The molecule has 1 aromatic rings. The molecule has 2 nitrogen and oxygen atoms in total. The minimum Gasteiger partial charge on any atom is -0.389 e. The number of piperidine rings is 1. The molecule has 0 aromatic heterocycles. The number of benzene rings is 1. The Bertz CT molecular complexity index is 377. The molecule has 88 valence electrons. The highest BCUT2D eigenvalue weighted by Gasteiger charge is 2.29. The van der Waals surface area contributed by atoms with E-state index in [2.05, 4.69) is 21.2 Å². The number of hydrogen-bond donors (Lipinski definition) is 2. The van der Waals surface area contributed by atoms with Crippen LogP contribution in [0.1, 0.15) is 18.4 Å². The first kappa shape index (κ1) is 12.0. The van der Waals surface area contributed by atoms with Crippen LogP contribution in [0.4, 0.5) is 4.39 Å². The minimum absolute atomic E-state index is 0.263. The van der Waals surface area contributed by atoms with Crippen molar-refractivity contribution in [1.29, 1.82) is 0 Å². The second-order valence-corrected chi connectivity index (χ2v) is 5.25. The van der Waals surface area contributed by atoms with Crippen LogP contribution in [0, 0.1) is 5.82 Å². The third-order valence-corrected chi connectivity index (χ3v) is 3.66. The third kappa shape index (κ3) is 2.81. The van der Waals surface area contributed by atoms with E-state index in [4.69, 9.17) is 0 Å². The maximum atomic E-state index is 13.1. The van der Waals surface area contributed by atoms with E-state index in [1.54, 1.807) is 12.1 Å². The van der Waals surface area contributed by atoms with Crippen LogP contribution in [0.25, 0.3) is 0 Å². The van der Waals surface area contributed by atoms with Gasteiger partial charge in [0, 0.05) is 6.42 Å². The molecule has 0 atom stereocenters. The van der Waals surface area contributed by atoms with Gasteiger partial charge in [-0.1, -0.05) is 6.07 Å². The highest BCUT2D eigenvalue weighted by Crippen LogP contribution is 2.25. The summed E-state index contributed by atoms with van der Waals surface area (Å²) in [6, 6.07) is 4.92. The Morgan fingerprint density at radius 2 is 2.06 bits per heavy atom. The normalized spacial score (nSPS) is 19.7. The van der Waals surface area contributed by atoms with Crippen LogP contribution in [0.5, 0.6) is 0 Å². The van der Waals surface area contributed by atoms with Crippen molar-refractivity contribution in [3.63, 3.8) is 0 Å². The van der Waals surface area contributed by atoms with Crippen molar-refractivity contribution in [3.05, 3.63) is 34.1 Å². The number of rotatable bonds is 2. The summed E-state index contributed by atoms with van der Waals surface area (Å²) in [5.74, 6) is -0.263. The van der Waals surface area contributed by atoms with Gasteiger partial charge >= 0.3 is 0 Å². The molecule has 1 aromatic carbocycles. The monoisotopic (exact) mass is 287 g/mol. The highest BCUT2D eigenvalue weighted by atomic mass is 79.9. The average Bonchev–Trinajstić information content (AvgIpc) is 2.24. The molecule has 2 rings (SSSR count). The molecule has 4 heteroatoms. The van der Waals surface area contributed by atoms with E-state index in [0.29, 0.717) is 10.9 Å². The van der Waals surface area contributed by atoms with Crippen molar-refractivity contribution in [2.24, 2.45) is 0 Å². The molecule has 1 aliphatic heterocycles. The lowest BCUT2D eigenvalue weighted by Gasteiger charge is -2.32.